The van der Waals surface area contributed by atoms with Crippen molar-refractivity contribution in [1.29, 1.82) is 0 Å². The Morgan fingerprint density at radius 2 is 2.35 bits per heavy atom. The normalized spacial score (nSPS) is 29.3. The molecule has 1 heterocycles. The van der Waals surface area contributed by atoms with E-state index in [1.54, 1.807) is 12.1 Å². The Labute approximate surface area is 105 Å². The molecule has 2 unspecified atom stereocenters. The quantitative estimate of drug-likeness (QED) is 0.884. The fourth-order valence-corrected chi connectivity index (χ4v) is 2.57. The van der Waals surface area contributed by atoms with Crippen molar-refractivity contribution in [3.8, 4) is 0 Å². The van der Waals surface area contributed by atoms with Crippen LogP contribution in [-0.2, 0) is 11.2 Å². The van der Waals surface area contributed by atoms with Gasteiger partial charge in [-0.25, -0.2) is 4.39 Å². The van der Waals surface area contributed by atoms with Gasteiger partial charge < -0.3 is 9.84 Å². The molecule has 4 heteroatoms. The van der Waals surface area contributed by atoms with Gasteiger partial charge in [-0.2, -0.15) is 0 Å². The summed E-state index contributed by atoms with van der Waals surface area (Å²) in [5, 5.41) is 10.8. The molecule has 2 atom stereocenters. The lowest BCUT2D eigenvalue weighted by Crippen LogP contribution is -2.41. The number of aliphatic hydroxyl groups is 1. The second-order valence-corrected chi connectivity index (χ2v) is 5.14. The van der Waals surface area contributed by atoms with Crippen molar-refractivity contribution >= 4 is 11.6 Å². The van der Waals surface area contributed by atoms with Gasteiger partial charge in [-0.15, -0.1) is 0 Å². The number of benzene rings is 1. The predicted molar refractivity (Wildman–Crippen MR) is 64.7 cm³/mol. The summed E-state index contributed by atoms with van der Waals surface area (Å²) in [6.45, 7) is 2.41. The van der Waals surface area contributed by atoms with E-state index >= 15 is 0 Å². The molecule has 0 radical (unpaired) electrons. The zero-order chi connectivity index (χ0) is 12.5. The third-order valence-corrected chi connectivity index (χ3v) is 3.56. The van der Waals surface area contributed by atoms with Gasteiger partial charge in [-0.3, -0.25) is 0 Å². The molecular weight excluding hydrogens is 243 g/mol. The van der Waals surface area contributed by atoms with Crippen molar-refractivity contribution in [2.24, 2.45) is 0 Å². The largest absolute Gasteiger partial charge is 0.389 e. The molecule has 0 aromatic heterocycles. The molecule has 1 saturated heterocycles. The maximum absolute atomic E-state index is 13.6. The van der Waals surface area contributed by atoms with Crippen LogP contribution in [0.3, 0.4) is 0 Å². The molecule has 0 amide bonds. The van der Waals surface area contributed by atoms with E-state index < -0.39 is 5.60 Å². The molecule has 0 saturated carbocycles. The van der Waals surface area contributed by atoms with Crippen molar-refractivity contribution in [2.45, 2.75) is 37.9 Å². The summed E-state index contributed by atoms with van der Waals surface area (Å²) in [6.07, 6.45) is 1.27. The monoisotopic (exact) mass is 258 g/mol. The maximum Gasteiger partial charge on any atom is 0.127 e. The number of hydrogen-bond acceptors (Lipinski definition) is 2. The molecule has 2 nitrogen and oxygen atoms in total. The van der Waals surface area contributed by atoms with Gasteiger partial charge >= 0.3 is 0 Å². The summed E-state index contributed by atoms with van der Waals surface area (Å²) >= 11 is 5.96. The van der Waals surface area contributed by atoms with Crippen LogP contribution < -0.4 is 0 Å². The molecule has 1 aliphatic rings. The third-order valence-electron chi connectivity index (χ3n) is 3.20. The van der Waals surface area contributed by atoms with Crippen molar-refractivity contribution in [1.82, 2.24) is 0 Å². The average molecular weight is 259 g/mol. The van der Waals surface area contributed by atoms with Crippen molar-refractivity contribution in [3.05, 3.63) is 34.6 Å². The molecule has 1 aromatic carbocycles. The van der Waals surface area contributed by atoms with Crippen LogP contribution in [0.2, 0.25) is 5.02 Å². The Balaban J connectivity index is 2.19. The number of rotatable bonds is 2. The highest BCUT2D eigenvalue weighted by atomic mass is 35.5. The van der Waals surface area contributed by atoms with E-state index in [9.17, 15) is 9.50 Å². The minimum Gasteiger partial charge on any atom is -0.389 e. The van der Waals surface area contributed by atoms with Crippen molar-refractivity contribution in [3.63, 3.8) is 0 Å². The zero-order valence-electron chi connectivity index (χ0n) is 9.75. The van der Waals surface area contributed by atoms with E-state index in [1.165, 1.54) is 6.07 Å². The van der Waals surface area contributed by atoms with Crippen LogP contribution in [0.4, 0.5) is 4.39 Å². The van der Waals surface area contributed by atoms with E-state index in [1.807, 2.05) is 6.92 Å². The molecule has 0 aliphatic carbocycles. The molecule has 2 rings (SSSR count). The molecule has 0 bridgehead atoms. The van der Waals surface area contributed by atoms with Gasteiger partial charge in [0.1, 0.15) is 5.82 Å². The lowest BCUT2D eigenvalue weighted by atomic mass is 9.85. The van der Waals surface area contributed by atoms with E-state index in [-0.39, 0.29) is 18.3 Å². The Morgan fingerprint density at radius 3 is 3.00 bits per heavy atom. The first-order chi connectivity index (χ1) is 8.00. The van der Waals surface area contributed by atoms with Crippen LogP contribution >= 0.6 is 11.6 Å². The summed E-state index contributed by atoms with van der Waals surface area (Å²) in [4.78, 5) is 0. The standard InChI is InChI=1S/C13H16ClFO2/c1-9-7-13(16,5-6-17-9)8-10-11(14)3-2-4-12(10)15/h2-4,9,16H,5-8H2,1H3. The summed E-state index contributed by atoms with van der Waals surface area (Å²) in [5.41, 5.74) is -0.519. The summed E-state index contributed by atoms with van der Waals surface area (Å²) in [7, 11) is 0. The van der Waals surface area contributed by atoms with Crippen LogP contribution in [0.5, 0.6) is 0 Å². The van der Waals surface area contributed by atoms with E-state index in [4.69, 9.17) is 16.3 Å². The first-order valence-electron chi connectivity index (χ1n) is 5.77. The van der Waals surface area contributed by atoms with E-state index in [0.29, 0.717) is 30.0 Å². The molecule has 0 spiro atoms. The van der Waals surface area contributed by atoms with Crippen LogP contribution in [0, 0.1) is 5.82 Å². The maximum atomic E-state index is 13.6. The zero-order valence-corrected chi connectivity index (χ0v) is 10.5. The lowest BCUT2D eigenvalue weighted by molar-refractivity contribution is -0.0964. The van der Waals surface area contributed by atoms with Gasteiger partial charge in [0, 0.05) is 30.0 Å². The van der Waals surface area contributed by atoms with Crippen molar-refractivity contribution in [2.75, 3.05) is 6.61 Å². The van der Waals surface area contributed by atoms with Gasteiger partial charge in [0.15, 0.2) is 0 Å². The van der Waals surface area contributed by atoms with Crippen LogP contribution in [-0.4, -0.2) is 23.4 Å². The SMILES string of the molecule is CC1CC(O)(Cc2c(F)cccc2Cl)CCO1. The highest BCUT2D eigenvalue weighted by molar-refractivity contribution is 6.31. The van der Waals surface area contributed by atoms with Crippen molar-refractivity contribution < 1.29 is 14.2 Å². The van der Waals surface area contributed by atoms with Crippen LogP contribution in [0.1, 0.15) is 25.3 Å². The number of ether oxygens (including phenoxy) is 1. The molecule has 94 valence electrons. The fourth-order valence-electron chi connectivity index (χ4n) is 2.34. The second kappa shape index (κ2) is 4.92. The Bertz CT molecular complexity index is 390. The Hall–Kier alpha value is -0.640. The molecule has 17 heavy (non-hydrogen) atoms. The summed E-state index contributed by atoms with van der Waals surface area (Å²) < 4.78 is 19.0. The topological polar surface area (TPSA) is 29.5 Å². The fraction of sp³-hybridized carbons (Fsp3) is 0.538. The molecule has 1 aromatic rings. The first kappa shape index (κ1) is 12.8. The lowest BCUT2D eigenvalue weighted by Gasteiger charge is -2.36. The third kappa shape index (κ3) is 2.97. The van der Waals surface area contributed by atoms with Gasteiger partial charge in [0.05, 0.1) is 11.7 Å². The second-order valence-electron chi connectivity index (χ2n) is 4.74. The smallest absolute Gasteiger partial charge is 0.127 e. The van der Waals surface area contributed by atoms with E-state index in [2.05, 4.69) is 0 Å². The summed E-state index contributed by atoms with van der Waals surface area (Å²) in [5.74, 6) is -0.356. The van der Waals surface area contributed by atoms with Gasteiger partial charge in [-0.1, -0.05) is 17.7 Å². The molecule has 1 fully saturated rings. The molecule has 1 N–H and O–H groups in total. The molecule has 1 aliphatic heterocycles. The predicted octanol–water partition coefficient (Wildman–Crippen LogP) is 2.95. The Morgan fingerprint density at radius 1 is 1.59 bits per heavy atom. The number of halogens is 2. The highest BCUT2D eigenvalue weighted by Crippen LogP contribution is 2.31. The van der Waals surface area contributed by atoms with Gasteiger partial charge in [0.2, 0.25) is 0 Å². The van der Waals surface area contributed by atoms with Gasteiger partial charge in [-0.05, 0) is 25.5 Å². The van der Waals surface area contributed by atoms with Crippen LogP contribution in [0.15, 0.2) is 18.2 Å². The molecular formula is C13H16ClFO2. The van der Waals surface area contributed by atoms with Gasteiger partial charge in [0.25, 0.3) is 0 Å². The Kier molecular flexibility index (Phi) is 3.71. The number of hydrogen-bond donors (Lipinski definition) is 1. The summed E-state index contributed by atoms with van der Waals surface area (Å²) in [6, 6.07) is 4.58. The minimum absolute atomic E-state index is 0.000649. The average Bonchev–Trinajstić information content (AvgIpc) is 2.23. The van der Waals surface area contributed by atoms with Crippen LogP contribution in [0.25, 0.3) is 0 Å². The highest BCUT2D eigenvalue weighted by Gasteiger charge is 2.34. The minimum atomic E-state index is -0.913. The first-order valence-corrected chi connectivity index (χ1v) is 6.15. The van der Waals surface area contributed by atoms with E-state index in [0.717, 1.165) is 0 Å².